The van der Waals surface area contributed by atoms with Gasteiger partial charge in [0, 0.05) is 13.1 Å². The molecule has 8 nitrogen and oxygen atoms in total. The highest BCUT2D eigenvalue weighted by atomic mass is 16.6. The number of nitrogens with zero attached hydrogens (tertiary/aromatic N) is 4. The van der Waals surface area contributed by atoms with Gasteiger partial charge in [0.1, 0.15) is 17.9 Å². The Labute approximate surface area is 135 Å². The molecule has 2 rings (SSSR count). The van der Waals surface area contributed by atoms with Gasteiger partial charge in [0.15, 0.2) is 0 Å². The highest BCUT2D eigenvalue weighted by molar-refractivity contribution is 5.84. The fraction of sp³-hybridized carbons (Fsp3) is 0.733. The minimum Gasteiger partial charge on any atom is -0.366 e. The average Bonchev–Trinajstić information content (AvgIpc) is 2.84. The van der Waals surface area contributed by atoms with Crippen LogP contribution >= 0.6 is 0 Å². The van der Waals surface area contributed by atoms with Gasteiger partial charge < -0.3 is 9.64 Å². The van der Waals surface area contributed by atoms with Crippen molar-refractivity contribution in [2.24, 2.45) is 0 Å². The van der Waals surface area contributed by atoms with Crippen molar-refractivity contribution >= 4 is 11.6 Å². The molecule has 0 bridgehead atoms. The molecule has 2 heterocycles. The molecule has 0 unspecified atom stereocenters. The molecule has 1 aliphatic rings. The van der Waals surface area contributed by atoms with Crippen LogP contribution in [0.25, 0.3) is 0 Å². The Bertz CT molecular complexity index is 617. The third kappa shape index (κ3) is 3.52. The number of nitro groups is 1. The zero-order valence-electron chi connectivity index (χ0n) is 14.5. The number of rotatable bonds is 3. The molecule has 23 heavy (non-hydrogen) atoms. The van der Waals surface area contributed by atoms with E-state index in [0.29, 0.717) is 13.1 Å². The van der Waals surface area contributed by atoms with Gasteiger partial charge in [0.2, 0.25) is 5.91 Å². The first-order valence-corrected chi connectivity index (χ1v) is 7.53. The van der Waals surface area contributed by atoms with E-state index < -0.39 is 21.7 Å². The Hall–Kier alpha value is -1.96. The molecule has 128 valence electrons. The Kier molecular flexibility index (Phi) is 4.00. The third-order valence-corrected chi connectivity index (χ3v) is 3.86. The van der Waals surface area contributed by atoms with E-state index in [1.807, 2.05) is 27.7 Å². The van der Waals surface area contributed by atoms with Gasteiger partial charge in [0.25, 0.3) is 0 Å². The zero-order chi connectivity index (χ0) is 17.6. The van der Waals surface area contributed by atoms with Crippen molar-refractivity contribution in [3.8, 4) is 0 Å². The number of morpholine rings is 1. The van der Waals surface area contributed by atoms with Crippen molar-refractivity contribution in [3.05, 3.63) is 22.5 Å². The van der Waals surface area contributed by atoms with E-state index in [9.17, 15) is 14.9 Å². The maximum Gasteiger partial charge on any atom is 0.307 e. The first-order chi connectivity index (χ1) is 10.3. The summed E-state index contributed by atoms with van der Waals surface area (Å²) in [4.78, 5) is 25.1. The summed E-state index contributed by atoms with van der Waals surface area (Å²) in [6.07, 6.45) is 2.44. The summed E-state index contributed by atoms with van der Waals surface area (Å²) in [5.74, 6) is -0.139. The van der Waals surface area contributed by atoms with E-state index in [2.05, 4.69) is 5.10 Å². The molecule has 0 aliphatic carbocycles. The minimum atomic E-state index is -1.02. The smallest absolute Gasteiger partial charge is 0.307 e. The predicted octanol–water partition coefficient (Wildman–Crippen LogP) is 1.94. The number of carbonyl (C=O) groups is 1. The van der Waals surface area contributed by atoms with Crippen LogP contribution in [0.15, 0.2) is 12.4 Å². The molecule has 0 spiro atoms. The van der Waals surface area contributed by atoms with Crippen molar-refractivity contribution in [1.29, 1.82) is 0 Å². The van der Waals surface area contributed by atoms with Crippen LogP contribution in [0.1, 0.15) is 41.5 Å². The normalized spacial score (nSPS) is 20.3. The topological polar surface area (TPSA) is 90.5 Å². The Morgan fingerprint density at radius 3 is 2.26 bits per heavy atom. The van der Waals surface area contributed by atoms with Gasteiger partial charge in [-0.2, -0.15) is 5.10 Å². The molecule has 1 amide bonds. The van der Waals surface area contributed by atoms with Crippen molar-refractivity contribution in [2.75, 3.05) is 13.1 Å². The van der Waals surface area contributed by atoms with Crippen molar-refractivity contribution in [1.82, 2.24) is 14.7 Å². The lowest BCUT2D eigenvalue weighted by Gasteiger charge is -2.48. The lowest BCUT2D eigenvalue weighted by Crippen LogP contribution is -2.61. The standard InChI is InChI=1S/C15H24N4O4/c1-13(2)9-17(10-14(3,4)23-13)12(20)15(5,6)18-8-11(7-16-18)19(21)22/h7-8H,9-10H2,1-6H3. The van der Waals surface area contributed by atoms with Gasteiger partial charge in [-0.1, -0.05) is 0 Å². The maximum atomic E-state index is 13.0. The van der Waals surface area contributed by atoms with E-state index in [1.54, 1.807) is 18.7 Å². The highest BCUT2D eigenvalue weighted by Gasteiger charge is 2.44. The molecule has 1 fully saturated rings. The molecule has 0 aromatic carbocycles. The Balaban J connectivity index is 2.28. The molecule has 0 atom stereocenters. The van der Waals surface area contributed by atoms with Gasteiger partial charge >= 0.3 is 5.69 Å². The summed E-state index contributed by atoms with van der Waals surface area (Å²) in [7, 11) is 0. The summed E-state index contributed by atoms with van der Waals surface area (Å²) < 4.78 is 7.34. The summed E-state index contributed by atoms with van der Waals surface area (Å²) in [6, 6.07) is 0. The molecule has 1 aromatic heterocycles. The minimum absolute atomic E-state index is 0.131. The first-order valence-electron chi connectivity index (χ1n) is 7.53. The molecule has 0 saturated carbocycles. The van der Waals surface area contributed by atoms with Crippen LogP contribution in [0.4, 0.5) is 5.69 Å². The van der Waals surface area contributed by atoms with Crippen LogP contribution in [-0.4, -0.2) is 49.8 Å². The fourth-order valence-corrected chi connectivity index (χ4v) is 3.13. The molecule has 1 aromatic rings. The predicted molar refractivity (Wildman–Crippen MR) is 84.0 cm³/mol. The second-order valence-corrected chi connectivity index (χ2v) is 7.74. The molecule has 1 saturated heterocycles. The summed E-state index contributed by atoms with van der Waals surface area (Å²) in [5.41, 5.74) is -2.06. The van der Waals surface area contributed by atoms with Gasteiger partial charge in [-0.15, -0.1) is 0 Å². The Morgan fingerprint density at radius 2 is 1.83 bits per heavy atom. The number of ether oxygens (including phenoxy) is 1. The highest BCUT2D eigenvalue weighted by Crippen LogP contribution is 2.31. The molecular weight excluding hydrogens is 300 g/mol. The lowest BCUT2D eigenvalue weighted by molar-refractivity contribution is -0.385. The zero-order valence-corrected chi connectivity index (χ0v) is 14.5. The number of hydrogen-bond acceptors (Lipinski definition) is 5. The fourth-order valence-electron chi connectivity index (χ4n) is 3.13. The average molecular weight is 324 g/mol. The van der Waals surface area contributed by atoms with Gasteiger partial charge in [-0.3, -0.25) is 19.6 Å². The van der Waals surface area contributed by atoms with Crippen LogP contribution in [-0.2, 0) is 15.1 Å². The second-order valence-electron chi connectivity index (χ2n) is 7.74. The quantitative estimate of drug-likeness (QED) is 0.626. The number of amides is 1. The number of aromatic nitrogens is 2. The summed E-state index contributed by atoms with van der Waals surface area (Å²) >= 11 is 0. The van der Waals surface area contributed by atoms with E-state index >= 15 is 0 Å². The number of carbonyl (C=O) groups excluding carboxylic acids is 1. The Morgan fingerprint density at radius 1 is 1.30 bits per heavy atom. The van der Waals surface area contributed by atoms with E-state index in [4.69, 9.17) is 4.74 Å². The van der Waals surface area contributed by atoms with E-state index in [1.165, 1.54) is 10.9 Å². The molecule has 0 radical (unpaired) electrons. The molecular formula is C15H24N4O4. The molecule has 1 aliphatic heterocycles. The maximum absolute atomic E-state index is 13.0. The van der Waals surface area contributed by atoms with Gasteiger partial charge in [0.05, 0.1) is 16.1 Å². The lowest BCUT2D eigenvalue weighted by atomic mass is 9.95. The van der Waals surface area contributed by atoms with Crippen LogP contribution in [0.2, 0.25) is 0 Å². The van der Waals surface area contributed by atoms with Crippen LogP contribution in [0, 0.1) is 10.1 Å². The largest absolute Gasteiger partial charge is 0.366 e. The third-order valence-electron chi connectivity index (χ3n) is 3.86. The van der Waals surface area contributed by atoms with Crippen LogP contribution in [0.3, 0.4) is 0 Å². The van der Waals surface area contributed by atoms with Crippen LogP contribution in [0.5, 0.6) is 0 Å². The van der Waals surface area contributed by atoms with Gasteiger partial charge in [-0.25, -0.2) is 0 Å². The summed E-state index contributed by atoms with van der Waals surface area (Å²) in [5, 5.41) is 14.8. The van der Waals surface area contributed by atoms with Crippen LogP contribution < -0.4 is 0 Å². The second kappa shape index (κ2) is 5.30. The first kappa shape index (κ1) is 17.4. The summed E-state index contributed by atoms with van der Waals surface area (Å²) in [6.45, 7) is 12.1. The van der Waals surface area contributed by atoms with E-state index in [-0.39, 0.29) is 11.6 Å². The molecule has 8 heteroatoms. The van der Waals surface area contributed by atoms with E-state index in [0.717, 1.165) is 6.20 Å². The monoisotopic (exact) mass is 324 g/mol. The van der Waals surface area contributed by atoms with Crippen molar-refractivity contribution < 1.29 is 14.5 Å². The number of hydrogen-bond donors (Lipinski definition) is 0. The SMILES string of the molecule is CC1(C)CN(C(=O)C(C)(C)n2cc([N+](=O)[O-])cn2)CC(C)(C)O1. The van der Waals surface area contributed by atoms with Crippen molar-refractivity contribution in [2.45, 2.75) is 58.3 Å². The molecule has 0 N–H and O–H groups in total. The van der Waals surface area contributed by atoms with Gasteiger partial charge in [-0.05, 0) is 41.5 Å². The van der Waals surface area contributed by atoms with Crippen molar-refractivity contribution in [3.63, 3.8) is 0 Å².